The molecule has 0 bridgehead atoms. The summed E-state index contributed by atoms with van der Waals surface area (Å²) in [5.41, 5.74) is 1.59. The summed E-state index contributed by atoms with van der Waals surface area (Å²) < 4.78 is 0. The number of rotatable bonds is 5. The molecule has 1 nitrogen and oxygen atoms in total. The summed E-state index contributed by atoms with van der Waals surface area (Å²) in [5, 5.41) is 3.24. The zero-order valence-corrected chi connectivity index (χ0v) is 11.0. The van der Waals surface area contributed by atoms with E-state index in [2.05, 4.69) is 36.5 Å². The van der Waals surface area contributed by atoms with Gasteiger partial charge in [-0.25, -0.2) is 0 Å². The highest BCUT2D eigenvalue weighted by Crippen LogP contribution is 2.42. The van der Waals surface area contributed by atoms with E-state index in [1.54, 1.807) is 5.56 Å². The van der Waals surface area contributed by atoms with Gasteiger partial charge in [-0.3, -0.25) is 0 Å². The van der Waals surface area contributed by atoms with Gasteiger partial charge in [0.05, 0.1) is 0 Å². The van der Waals surface area contributed by atoms with Crippen molar-refractivity contribution in [3.05, 3.63) is 29.8 Å². The molecule has 0 saturated carbocycles. The van der Waals surface area contributed by atoms with Crippen molar-refractivity contribution in [2.75, 3.05) is 19.3 Å². The molecule has 0 spiro atoms. The number of hydrogen-bond acceptors (Lipinski definition) is 2. The van der Waals surface area contributed by atoms with Crippen molar-refractivity contribution in [3.63, 3.8) is 0 Å². The summed E-state index contributed by atoms with van der Waals surface area (Å²) >= 11 is 2.03. The Kier molecular flexibility index (Phi) is 4.30. The molecule has 0 aromatic heterocycles. The molecule has 88 valence electrons. The molecule has 1 aliphatic heterocycles. The number of hydrogen-bond donors (Lipinski definition) is 1. The fourth-order valence-corrected chi connectivity index (χ4v) is 3.69. The zero-order chi connectivity index (χ0) is 11.4. The fourth-order valence-electron chi connectivity index (χ4n) is 2.42. The first-order valence-corrected chi connectivity index (χ1v) is 7.16. The van der Waals surface area contributed by atoms with Crippen LogP contribution in [0.25, 0.3) is 0 Å². The van der Waals surface area contributed by atoms with Crippen molar-refractivity contribution in [2.24, 2.45) is 5.92 Å². The van der Waals surface area contributed by atoms with Gasteiger partial charge in [0.2, 0.25) is 0 Å². The Balaban J connectivity index is 1.92. The number of benzene rings is 1. The first-order chi connectivity index (χ1) is 7.81. The van der Waals surface area contributed by atoms with Gasteiger partial charge in [-0.15, -0.1) is 11.8 Å². The van der Waals surface area contributed by atoms with Gasteiger partial charge in [0.1, 0.15) is 0 Å². The second-order valence-corrected chi connectivity index (χ2v) is 5.84. The normalized spacial score (nSPS) is 20.8. The van der Waals surface area contributed by atoms with Crippen LogP contribution in [-0.4, -0.2) is 19.3 Å². The Morgan fingerprint density at radius 1 is 1.44 bits per heavy atom. The zero-order valence-electron chi connectivity index (χ0n) is 10.2. The predicted molar refractivity (Wildman–Crippen MR) is 72.2 cm³/mol. The molecule has 2 atom stereocenters. The van der Waals surface area contributed by atoms with Gasteiger partial charge in [0, 0.05) is 10.6 Å². The lowest BCUT2D eigenvalue weighted by molar-refractivity contribution is 0.449. The minimum atomic E-state index is 0.785. The highest BCUT2D eigenvalue weighted by molar-refractivity contribution is 7.99. The van der Waals surface area contributed by atoms with E-state index in [4.69, 9.17) is 0 Å². The monoisotopic (exact) mass is 235 g/mol. The van der Waals surface area contributed by atoms with E-state index >= 15 is 0 Å². The molecule has 0 amide bonds. The third-order valence-corrected chi connectivity index (χ3v) is 4.62. The number of fused-ring (bicyclic) bond motifs is 1. The molecule has 1 aliphatic rings. The van der Waals surface area contributed by atoms with Crippen molar-refractivity contribution in [1.82, 2.24) is 5.32 Å². The fraction of sp³-hybridized carbons (Fsp3) is 0.571. The van der Waals surface area contributed by atoms with Gasteiger partial charge in [-0.05, 0) is 49.9 Å². The van der Waals surface area contributed by atoms with Gasteiger partial charge < -0.3 is 5.32 Å². The minimum absolute atomic E-state index is 0.785. The highest BCUT2D eigenvalue weighted by atomic mass is 32.2. The maximum Gasteiger partial charge on any atom is 0.0107 e. The smallest absolute Gasteiger partial charge is 0.0107 e. The van der Waals surface area contributed by atoms with Crippen LogP contribution in [0, 0.1) is 5.92 Å². The van der Waals surface area contributed by atoms with Crippen molar-refractivity contribution < 1.29 is 0 Å². The third kappa shape index (κ3) is 2.80. The lowest BCUT2D eigenvalue weighted by Gasteiger charge is -2.16. The van der Waals surface area contributed by atoms with E-state index in [-0.39, 0.29) is 0 Å². The Morgan fingerprint density at radius 2 is 2.25 bits per heavy atom. The van der Waals surface area contributed by atoms with E-state index in [1.807, 2.05) is 18.8 Å². The largest absolute Gasteiger partial charge is 0.320 e. The average Bonchev–Trinajstić information content (AvgIpc) is 2.70. The molecule has 2 rings (SSSR count). The van der Waals surface area contributed by atoms with Crippen molar-refractivity contribution in [1.29, 1.82) is 0 Å². The lowest BCUT2D eigenvalue weighted by Crippen LogP contribution is -2.13. The molecule has 0 radical (unpaired) electrons. The second kappa shape index (κ2) is 5.74. The van der Waals surface area contributed by atoms with E-state index < -0.39 is 0 Å². The minimum Gasteiger partial charge on any atom is -0.320 e. The molecular weight excluding hydrogens is 214 g/mol. The van der Waals surface area contributed by atoms with Gasteiger partial charge in [0.25, 0.3) is 0 Å². The van der Waals surface area contributed by atoms with Crippen LogP contribution in [0.5, 0.6) is 0 Å². The first-order valence-electron chi connectivity index (χ1n) is 6.17. The third-order valence-electron chi connectivity index (χ3n) is 3.37. The molecule has 1 heterocycles. The number of thioether (sulfide) groups is 1. The Hall–Kier alpha value is -0.470. The van der Waals surface area contributed by atoms with Gasteiger partial charge in [-0.2, -0.15) is 0 Å². The molecule has 1 aromatic rings. The van der Waals surface area contributed by atoms with Crippen LogP contribution in [0.3, 0.4) is 0 Å². The van der Waals surface area contributed by atoms with Crippen LogP contribution in [0.2, 0.25) is 0 Å². The maximum absolute atomic E-state index is 3.24. The summed E-state index contributed by atoms with van der Waals surface area (Å²) in [7, 11) is 2.04. The van der Waals surface area contributed by atoms with Crippen LogP contribution in [-0.2, 0) is 0 Å². The van der Waals surface area contributed by atoms with Crippen molar-refractivity contribution in [2.45, 2.75) is 30.6 Å². The summed E-state index contributed by atoms with van der Waals surface area (Å²) in [5.74, 6) is 2.89. The molecule has 0 fully saturated rings. The van der Waals surface area contributed by atoms with E-state index in [9.17, 15) is 0 Å². The van der Waals surface area contributed by atoms with Crippen LogP contribution in [0.4, 0.5) is 0 Å². The van der Waals surface area contributed by atoms with E-state index in [0.29, 0.717) is 0 Å². The van der Waals surface area contributed by atoms with Gasteiger partial charge in [-0.1, -0.05) is 25.1 Å². The van der Waals surface area contributed by atoms with E-state index in [1.165, 1.54) is 23.5 Å². The summed E-state index contributed by atoms with van der Waals surface area (Å²) in [6.07, 6.45) is 2.63. The summed E-state index contributed by atoms with van der Waals surface area (Å²) in [6.45, 7) is 3.52. The topological polar surface area (TPSA) is 12.0 Å². The van der Waals surface area contributed by atoms with Crippen molar-refractivity contribution >= 4 is 11.8 Å². The molecule has 16 heavy (non-hydrogen) atoms. The molecule has 2 heteroatoms. The molecular formula is C14H21NS. The number of nitrogens with one attached hydrogen (secondary N) is 1. The van der Waals surface area contributed by atoms with Crippen LogP contribution in [0.15, 0.2) is 29.2 Å². The molecule has 1 aromatic carbocycles. The predicted octanol–water partition coefficient (Wildman–Crippen LogP) is 3.51. The Labute approximate surface area is 103 Å². The quantitative estimate of drug-likeness (QED) is 0.838. The summed E-state index contributed by atoms with van der Waals surface area (Å²) in [4.78, 5) is 1.51. The van der Waals surface area contributed by atoms with Gasteiger partial charge in [0.15, 0.2) is 0 Å². The maximum atomic E-state index is 3.24. The molecule has 0 saturated heterocycles. The first kappa shape index (κ1) is 12.0. The standard InChI is InChI=1S/C14H21NS/c1-11(7-8-15-2)9-12-10-16-14-6-4-3-5-13(12)14/h3-6,11-12,15H,7-10H2,1-2H3. The second-order valence-electron chi connectivity index (χ2n) is 4.78. The lowest BCUT2D eigenvalue weighted by atomic mass is 9.89. The van der Waals surface area contributed by atoms with Crippen LogP contribution in [0.1, 0.15) is 31.2 Å². The van der Waals surface area contributed by atoms with Crippen LogP contribution < -0.4 is 5.32 Å². The highest BCUT2D eigenvalue weighted by Gasteiger charge is 2.23. The molecule has 0 aliphatic carbocycles. The van der Waals surface area contributed by atoms with Crippen molar-refractivity contribution in [3.8, 4) is 0 Å². The molecule has 2 unspecified atom stereocenters. The van der Waals surface area contributed by atoms with E-state index in [0.717, 1.165) is 18.4 Å². The van der Waals surface area contributed by atoms with Gasteiger partial charge >= 0.3 is 0 Å². The Morgan fingerprint density at radius 3 is 3.06 bits per heavy atom. The average molecular weight is 235 g/mol. The Bertz CT molecular complexity index is 337. The van der Waals surface area contributed by atoms with Crippen LogP contribution >= 0.6 is 11.8 Å². The molecule has 1 N–H and O–H groups in total. The SMILES string of the molecule is CNCCC(C)CC1CSc2ccccc21. The summed E-state index contributed by atoms with van der Waals surface area (Å²) in [6, 6.07) is 8.90.